The number of nitrogens with one attached hydrogen (secondary N) is 1. The number of aryl methyl sites for hydroxylation is 1. The number of anilines is 1. The molecule has 1 heterocycles. The van der Waals surface area contributed by atoms with Crippen molar-refractivity contribution in [2.75, 3.05) is 16.8 Å². The molecule has 0 aliphatic carbocycles. The van der Waals surface area contributed by atoms with Crippen LogP contribution in [0.4, 0.5) is 5.69 Å². The Labute approximate surface area is 155 Å². The standard InChI is InChI=1S/C19H19NO3S2/c21-17(22)12-24-11-13-4-3-6-15(10-13)20-19(23)18-16-7-2-1-5-14(16)8-9-25-18/h1-7,10,18H,8-9,11-12H2,(H,20,23)(H,21,22). The molecule has 0 spiro atoms. The third-order valence-corrected chi connectivity index (χ3v) is 6.15. The summed E-state index contributed by atoms with van der Waals surface area (Å²) in [4.78, 5) is 23.3. The summed E-state index contributed by atoms with van der Waals surface area (Å²) in [6.45, 7) is 0. The molecule has 1 atom stereocenters. The lowest BCUT2D eigenvalue weighted by Gasteiger charge is -2.24. The Morgan fingerprint density at radius 3 is 2.88 bits per heavy atom. The van der Waals surface area contributed by atoms with Gasteiger partial charge in [-0.1, -0.05) is 36.4 Å². The van der Waals surface area contributed by atoms with Crippen molar-refractivity contribution >= 4 is 41.1 Å². The number of thioether (sulfide) groups is 2. The third kappa shape index (κ3) is 4.80. The van der Waals surface area contributed by atoms with Gasteiger partial charge in [0.05, 0.1) is 5.75 Å². The van der Waals surface area contributed by atoms with Crippen molar-refractivity contribution in [2.45, 2.75) is 17.4 Å². The molecule has 0 saturated carbocycles. The molecular formula is C19H19NO3S2. The van der Waals surface area contributed by atoms with Crippen molar-refractivity contribution in [1.82, 2.24) is 0 Å². The van der Waals surface area contributed by atoms with E-state index in [1.165, 1.54) is 17.3 Å². The molecule has 1 amide bonds. The van der Waals surface area contributed by atoms with E-state index in [0.717, 1.165) is 29.0 Å². The van der Waals surface area contributed by atoms with Crippen LogP contribution in [0.15, 0.2) is 48.5 Å². The van der Waals surface area contributed by atoms with Crippen molar-refractivity contribution in [3.8, 4) is 0 Å². The minimum absolute atomic E-state index is 0.00695. The lowest BCUT2D eigenvalue weighted by Crippen LogP contribution is -2.23. The van der Waals surface area contributed by atoms with E-state index in [1.807, 2.05) is 42.5 Å². The number of carbonyl (C=O) groups is 2. The summed E-state index contributed by atoms with van der Waals surface area (Å²) < 4.78 is 0. The Balaban J connectivity index is 1.66. The van der Waals surface area contributed by atoms with E-state index in [4.69, 9.17) is 5.11 Å². The second-order valence-electron chi connectivity index (χ2n) is 5.78. The van der Waals surface area contributed by atoms with Gasteiger partial charge in [0.15, 0.2) is 0 Å². The van der Waals surface area contributed by atoms with Crippen molar-refractivity contribution < 1.29 is 14.7 Å². The van der Waals surface area contributed by atoms with E-state index in [1.54, 1.807) is 11.8 Å². The van der Waals surface area contributed by atoms with Crippen LogP contribution in [0, 0.1) is 0 Å². The fraction of sp³-hybridized carbons (Fsp3) is 0.263. The van der Waals surface area contributed by atoms with Gasteiger partial charge in [0, 0.05) is 11.4 Å². The lowest BCUT2D eigenvalue weighted by atomic mass is 10.0. The number of carbonyl (C=O) groups excluding carboxylic acids is 1. The maximum absolute atomic E-state index is 12.7. The second-order valence-corrected chi connectivity index (χ2v) is 7.97. The van der Waals surface area contributed by atoms with Crippen LogP contribution in [0.1, 0.15) is 21.9 Å². The molecule has 2 aromatic rings. The van der Waals surface area contributed by atoms with Gasteiger partial charge in [0.2, 0.25) is 5.91 Å². The fourth-order valence-electron chi connectivity index (χ4n) is 2.81. The molecule has 1 aliphatic heterocycles. The largest absolute Gasteiger partial charge is 0.481 e. The van der Waals surface area contributed by atoms with Crippen LogP contribution < -0.4 is 5.32 Å². The summed E-state index contributed by atoms with van der Waals surface area (Å²) in [7, 11) is 0. The van der Waals surface area contributed by atoms with Crippen LogP contribution in [0.2, 0.25) is 0 Å². The van der Waals surface area contributed by atoms with Crippen molar-refractivity contribution in [3.05, 3.63) is 65.2 Å². The number of fused-ring (bicyclic) bond motifs is 1. The van der Waals surface area contributed by atoms with Gasteiger partial charge in [-0.15, -0.1) is 23.5 Å². The van der Waals surface area contributed by atoms with Gasteiger partial charge in [0.1, 0.15) is 5.25 Å². The third-order valence-electron chi connectivity index (χ3n) is 3.92. The maximum atomic E-state index is 12.7. The lowest BCUT2D eigenvalue weighted by molar-refractivity contribution is -0.133. The number of benzene rings is 2. The van der Waals surface area contributed by atoms with Gasteiger partial charge in [-0.25, -0.2) is 0 Å². The van der Waals surface area contributed by atoms with Crippen LogP contribution in [0.3, 0.4) is 0 Å². The number of aliphatic carboxylic acids is 1. The smallest absolute Gasteiger partial charge is 0.313 e. The molecule has 0 fully saturated rings. The number of hydrogen-bond acceptors (Lipinski definition) is 4. The number of amides is 1. The van der Waals surface area contributed by atoms with E-state index in [0.29, 0.717) is 5.75 Å². The fourth-order valence-corrected chi connectivity index (χ4v) is 4.70. The Morgan fingerprint density at radius 2 is 2.04 bits per heavy atom. The van der Waals surface area contributed by atoms with Crippen LogP contribution in [0.25, 0.3) is 0 Å². The second kappa shape index (κ2) is 8.45. The topological polar surface area (TPSA) is 66.4 Å². The van der Waals surface area contributed by atoms with Crippen LogP contribution in [0.5, 0.6) is 0 Å². The molecule has 0 aromatic heterocycles. The molecule has 2 aromatic carbocycles. The Kier molecular flexibility index (Phi) is 6.04. The van der Waals surface area contributed by atoms with Gasteiger partial charge in [-0.05, 0) is 41.0 Å². The molecule has 25 heavy (non-hydrogen) atoms. The summed E-state index contributed by atoms with van der Waals surface area (Å²) in [6, 6.07) is 15.7. The number of hydrogen-bond donors (Lipinski definition) is 2. The summed E-state index contributed by atoms with van der Waals surface area (Å²) in [5.74, 6) is 0.805. The number of carboxylic acids is 1. The predicted octanol–water partition coefficient (Wildman–Crippen LogP) is 3.97. The molecule has 1 aliphatic rings. The molecule has 6 heteroatoms. The zero-order chi connectivity index (χ0) is 17.6. The highest BCUT2D eigenvalue weighted by atomic mass is 32.2. The van der Waals surface area contributed by atoms with E-state index >= 15 is 0 Å². The minimum Gasteiger partial charge on any atom is -0.481 e. The van der Waals surface area contributed by atoms with E-state index in [2.05, 4.69) is 11.4 Å². The van der Waals surface area contributed by atoms with Gasteiger partial charge < -0.3 is 10.4 Å². The molecule has 130 valence electrons. The number of rotatable bonds is 6. The summed E-state index contributed by atoms with van der Waals surface area (Å²) in [5, 5.41) is 11.5. The minimum atomic E-state index is -0.817. The molecule has 0 radical (unpaired) electrons. The first-order chi connectivity index (χ1) is 12.1. The normalized spacial score (nSPS) is 16.1. The van der Waals surface area contributed by atoms with Gasteiger partial charge in [-0.2, -0.15) is 0 Å². The molecule has 0 bridgehead atoms. The highest BCUT2D eigenvalue weighted by molar-refractivity contribution is 8.00. The Bertz CT molecular complexity index is 779. The summed E-state index contributed by atoms with van der Waals surface area (Å²) >= 11 is 3.02. The van der Waals surface area contributed by atoms with Crippen LogP contribution >= 0.6 is 23.5 Å². The van der Waals surface area contributed by atoms with Gasteiger partial charge in [0.25, 0.3) is 0 Å². The van der Waals surface area contributed by atoms with Crippen molar-refractivity contribution in [3.63, 3.8) is 0 Å². The Morgan fingerprint density at radius 1 is 1.20 bits per heavy atom. The van der Waals surface area contributed by atoms with E-state index in [9.17, 15) is 9.59 Å². The van der Waals surface area contributed by atoms with Gasteiger partial charge in [-0.3, -0.25) is 9.59 Å². The van der Waals surface area contributed by atoms with E-state index in [-0.39, 0.29) is 16.9 Å². The molecule has 1 unspecified atom stereocenters. The SMILES string of the molecule is O=C(O)CSCc1cccc(NC(=O)C2SCCc3ccccc32)c1. The molecule has 0 saturated heterocycles. The maximum Gasteiger partial charge on any atom is 0.313 e. The zero-order valence-electron chi connectivity index (χ0n) is 13.6. The van der Waals surface area contributed by atoms with Crippen LogP contribution in [-0.4, -0.2) is 28.5 Å². The van der Waals surface area contributed by atoms with Gasteiger partial charge >= 0.3 is 5.97 Å². The van der Waals surface area contributed by atoms with E-state index < -0.39 is 5.97 Å². The summed E-state index contributed by atoms with van der Waals surface area (Å²) in [6.07, 6.45) is 1.00. The highest BCUT2D eigenvalue weighted by Gasteiger charge is 2.26. The molecule has 3 rings (SSSR count). The van der Waals surface area contributed by atoms with Crippen molar-refractivity contribution in [1.29, 1.82) is 0 Å². The first kappa shape index (κ1) is 17.9. The molecule has 4 nitrogen and oxygen atoms in total. The predicted molar refractivity (Wildman–Crippen MR) is 104 cm³/mol. The Hall–Kier alpha value is -1.92. The molecule has 2 N–H and O–H groups in total. The van der Waals surface area contributed by atoms with Crippen molar-refractivity contribution in [2.24, 2.45) is 0 Å². The quantitative estimate of drug-likeness (QED) is 0.802. The molecular weight excluding hydrogens is 354 g/mol. The zero-order valence-corrected chi connectivity index (χ0v) is 15.2. The van der Waals surface area contributed by atoms with Crippen LogP contribution in [-0.2, 0) is 21.8 Å². The highest BCUT2D eigenvalue weighted by Crippen LogP contribution is 2.37. The average Bonchev–Trinajstić information content (AvgIpc) is 2.61. The first-order valence-electron chi connectivity index (χ1n) is 8.02. The monoisotopic (exact) mass is 373 g/mol. The summed E-state index contributed by atoms with van der Waals surface area (Å²) in [5.41, 5.74) is 4.10. The number of carboxylic acid groups (broad SMARTS) is 1. The average molecular weight is 373 g/mol. The first-order valence-corrected chi connectivity index (χ1v) is 10.2.